The molecule has 0 atom stereocenters. The second kappa shape index (κ2) is 5.85. The van der Waals surface area contributed by atoms with Gasteiger partial charge in [-0.3, -0.25) is 10.1 Å². The number of carbonyl (C=O) groups excluding carboxylic acids is 1. The zero-order valence-electron chi connectivity index (χ0n) is 13.2. The van der Waals surface area contributed by atoms with Crippen LogP contribution < -0.4 is 10.6 Å². The van der Waals surface area contributed by atoms with Crippen LogP contribution in [-0.4, -0.2) is 17.6 Å². The first-order valence-electron chi connectivity index (χ1n) is 7.60. The Bertz CT molecular complexity index is 687. The average molecular weight is 319 g/mol. The molecule has 0 saturated heterocycles. The second-order valence-corrected chi connectivity index (χ2v) is 7.21. The van der Waals surface area contributed by atoms with Gasteiger partial charge in [0.05, 0.1) is 11.3 Å². The van der Waals surface area contributed by atoms with Crippen LogP contribution in [0.25, 0.3) is 0 Å². The van der Waals surface area contributed by atoms with Gasteiger partial charge in [-0.25, -0.2) is 0 Å². The molecule has 0 bridgehead atoms. The number of amides is 1. The summed E-state index contributed by atoms with van der Waals surface area (Å²) in [5.41, 5.74) is 2.73. The first kappa shape index (κ1) is 15.2. The van der Waals surface area contributed by atoms with Crippen LogP contribution in [0.15, 0.2) is 16.0 Å². The van der Waals surface area contributed by atoms with Gasteiger partial charge in [-0.1, -0.05) is 25.9 Å². The lowest BCUT2D eigenvalue weighted by Gasteiger charge is -2.18. The molecule has 5 nitrogen and oxygen atoms in total. The van der Waals surface area contributed by atoms with Gasteiger partial charge in [-0.2, -0.15) is 0 Å². The molecule has 0 spiro atoms. The number of aromatic nitrogens is 1. The predicted octanol–water partition coefficient (Wildman–Crippen LogP) is 3.32. The molecule has 2 aromatic rings. The van der Waals surface area contributed by atoms with Gasteiger partial charge >= 0.3 is 0 Å². The van der Waals surface area contributed by atoms with Gasteiger partial charge in [-0.05, 0) is 24.9 Å². The number of hydrogen-bond acceptors (Lipinski definition) is 5. The van der Waals surface area contributed by atoms with Crippen LogP contribution in [-0.2, 0) is 18.4 Å². The number of nitrogens with one attached hydrogen (secondary N) is 2. The summed E-state index contributed by atoms with van der Waals surface area (Å²) in [4.78, 5) is 13.7. The molecule has 0 aliphatic carbocycles. The van der Waals surface area contributed by atoms with E-state index < -0.39 is 0 Å². The third-order valence-corrected chi connectivity index (χ3v) is 5.42. The summed E-state index contributed by atoms with van der Waals surface area (Å²) in [7, 11) is 0. The quantitative estimate of drug-likeness (QED) is 0.907. The van der Waals surface area contributed by atoms with Crippen LogP contribution in [0.3, 0.4) is 0 Å². The third kappa shape index (κ3) is 2.80. The van der Waals surface area contributed by atoms with Crippen molar-refractivity contribution in [1.29, 1.82) is 0 Å². The Hall–Kier alpha value is -1.66. The maximum atomic E-state index is 12.5. The van der Waals surface area contributed by atoms with E-state index in [-0.39, 0.29) is 11.3 Å². The van der Waals surface area contributed by atoms with E-state index in [9.17, 15) is 4.79 Å². The molecule has 0 fully saturated rings. The molecule has 0 aromatic carbocycles. The van der Waals surface area contributed by atoms with Gasteiger partial charge in [0.2, 0.25) is 5.88 Å². The Morgan fingerprint density at radius 1 is 1.55 bits per heavy atom. The van der Waals surface area contributed by atoms with Gasteiger partial charge in [0.25, 0.3) is 5.91 Å². The molecule has 1 amide bonds. The summed E-state index contributed by atoms with van der Waals surface area (Å²) in [5.74, 6) is 0.298. The SMILES string of the molecule is CCC(C)(C)c1cc(NC(=O)c2csc3c2CCNC3)on1. The molecule has 6 heteroatoms. The molecule has 1 aliphatic rings. The molecular weight excluding hydrogens is 298 g/mol. The highest BCUT2D eigenvalue weighted by molar-refractivity contribution is 7.10. The minimum absolute atomic E-state index is 0.0559. The number of anilines is 1. The van der Waals surface area contributed by atoms with Crippen LogP contribution in [0.5, 0.6) is 0 Å². The number of rotatable bonds is 4. The first-order valence-corrected chi connectivity index (χ1v) is 8.47. The van der Waals surface area contributed by atoms with Crippen molar-refractivity contribution in [2.45, 2.75) is 45.6 Å². The smallest absolute Gasteiger partial charge is 0.259 e. The van der Waals surface area contributed by atoms with Crippen LogP contribution in [0.1, 0.15) is 53.7 Å². The average Bonchev–Trinajstić information content (AvgIpc) is 3.14. The lowest BCUT2D eigenvalue weighted by Crippen LogP contribution is -2.24. The molecule has 0 radical (unpaired) electrons. The Labute approximate surface area is 134 Å². The molecular formula is C16H21N3O2S. The van der Waals surface area contributed by atoms with Crippen molar-refractivity contribution >= 4 is 23.1 Å². The topological polar surface area (TPSA) is 67.2 Å². The van der Waals surface area contributed by atoms with E-state index >= 15 is 0 Å². The number of fused-ring (bicyclic) bond motifs is 1. The van der Waals surface area contributed by atoms with Crippen molar-refractivity contribution < 1.29 is 9.32 Å². The fourth-order valence-corrected chi connectivity index (χ4v) is 3.51. The lowest BCUT2D eigenvalue weighted by molar-refractivity contribution is 0.102. The number of carbonyl (C=O) groups is 1. The summed E-state index contributed by atoms with van der Waals surface area (Å²) >= 11 is 1.63. The van der Waals surface area contributed by atoms with Gasteiger partial charge in [0, 0.05) is 28.3 Å². The van der Waals surface area contributed by atoms with Crippen molar-refractivity contribution in [2.75, 3.05) is 11.9 Å². The second-order valence-electron chi connectivity index (χ2n) is 6.25. The van der Waals surface area contributed by atoms with Crippen molar-refractivity contribution in [3.63, 3.8) is 0 Å². The van der Waals surface area contributed by atoms with Gasteiger partial charge in [-0.15, -0.1) is 11.3 Å². The van der Waals surface area contributed by atoms with E-state index in [1.807, 2.05) is 11.4 Å². The van der Waals surface area contributed by atoms with E-state index in [1.54, 1.807) is 11.3 Å². The molecule has 3 heterocycles. The lowest BCUT2D eigenvalue weighted by atomic mass is 9.87. The molecule has 1 aliphatic heterocycles. The molecule has 2 N–H and O–H groups in total. The molecule has 3 rings (SSSR count). The van der Waals surface area contributed by atoms with Crippen molar-refractivity contribution in [3.8, 4) is 0 Å². The zero-order valence-corrected chi connectivity index (χ0v) is 14.0. The number of thiophene rings is 1. The summed E-state index contributed by atoms with van der Waals surface area (Å²) in [5, 5.41) is 12.2. The molecule has 0 unspecified atom stereocenters. The highest BCUT2D eigenvalue weighted by Gasteiger charge is 2.24. The van der Waals surface area contributed by atoms with E-state index in [0.29, 0.717) is 5.88 Å². The standard InChI is InChI=1S/C16H21N3O2S/c1-4-16(2,3)13-7-14(21-19-13)18-15(20)11-9-22-12-8-17-6-5-10(11)12/h7,9,17H,4-6,8H2,1-3H3,(H,18,20). The summed E-state index contributed by atoms with van der Waals surface area (Å²) in [6.07, 6.45) is 1.85. The van der Waals surface area contributed by atoms with Gasteiger partial charge < -0.3 is 9.84 Å². The zero-order chi connectivity index (χ0) is 15.7. The van der Waals surface area contributed by atoms with Crippen LogP contribution in [0.2, 0.25) is 0 Å². The Morgan fingerprint density at radius 2 is 2.36 bits per heavy atom. The fraction of sp³-hybridized carbons (Fsp3) is 0.500. The van der Waals surface area contributed by atoms with Crippen LogP contribution in [0.4, 0.5) is 5.88 Å². The Morgan fingerprint density at radius 3 is 3.14 bits per heavy atom. The van der Waals surface area contributed by atoms with Crippen LogP contribution >= 0.6 is 11.3 Å². The third-order valence-electron chi connectivity index (χ3n) is 4.39. The van der Waals surface area contributed by atoms with E-state index in [2.05, 4.69) is 36.6 Å². The normalized spacial score (nSPS) is 14.7. The minimum atomic E-state index is -0.114. The van der Waals surface area contributed by atoms with E-state index in [1.165, 1.54) is 4.88 Å². The predicted molar refractivity (Wildman–Crippen MR) is 87.5 cm³/mol. The largest absolute Gasteiger partial charge is 0.338 e. The van der Waals surface area contributed by atoms with Crippen molar-refractivity contribution in [3.05, 3.63) is 33.1 Å². The van der Waals surface area contributed by atoms with Crippen molar-refractivity contribution in [1.82, 2.24) is 10.5 Å². The summed E-state index contributed by atoms with van der Waals surface area (Å²) < 4.78 is 5.27. The summed E-state index contributed by atoms with van der Waals surface area (Å²) in [6.45, 7) is 8.10. The molecule has 22 heavy (non-hydrogen) atoms. The first-order chi connectivity index (χ1) is 10.5. The Balaban J connectivity index is 1.76. The number of hydrogen-bond donors (Lipinski definition) is 2. The van der Waals surface area contributed by atoms with E-state index in [4.69, 9.17) is 4.52 Å². The molecule has 0 saturated carbocycles. The molecule has 2 aromatic heterocycles. The maximum Gasteiger partial charge on any atom is 0.259 e. The monoisotopic (exact) mass is 319 g/mol. The highest BCUT2D eigenvalue weighted by Crippen LogP contribution is 2.29. The van der Waals surface area contributed by atoms with Crippen LogP contribution in [0, 0.1) is 0 Å². The fourth-order valence-electron chi connectivity index (χ4n) is 2.46. The minimum Gasteiger partial charge on any atom is -0.338 e. The van der Waals surface area contributed by atoms with Crippen molar-refractivity contribution in [2.24, 2.45) is 0 Å². The van der Waals surface area contributed by atoms with Gasteiger partial charge in [0.15, 0.2) is 0 Å². The van der Waals surface area contributed by atoms with E-state index in [0.717, 1.165) is 42.8 Å². The molecule has 118 valence electrons. The Kier molecular flexibility index (Phi) is 4.06. The number of nitrogens with zero attached hydrogens (tertiary/aromatic N) is 1. The summed E-state index contributed by atoms with van der Waals surface area (Å²) in [6, 6.07) is 1.82. The maximum absolute atomic E-state index is 12.5. The van der Waals surface area contributed by atoms with Gasteiger partial charge in [0.1, 0.15) is 0 Å². The highest BCUT2D eigenvalue weighted by atomic mass is 32.1.